The minimum atomic E-state index is -1.52. The van der Waals surface area contributed by atoms with E-state index < -0.39 is 16.5 Å². The van der Waals surface area contributed by atoms with E-state index in [1.807, 2.05) is 18.3 Å². The lowest BCUT2D eigenvalue weighted by atomic mass is 9.86. The highest BCUT2D eigenvalue weighted by Gasteiger charge is 2.62. The molecule has 4 nitrogen and oxygen atoms in total. The van der Waals surface area contributed by atoms with Gasteiger partial charge < -0.3 is 9.13 Å². The molecule has 2 aliphatic rings. The molecule has 3 rings (SSSR count). The van der Waals surface area contributed by atoms with E-state index in [1.165, 1.54) is 12.1 Å². The lowest BCUT2D eigenvalue weighted by Crippen LogP contribution is -2.76. The Balaban J connectivity index is 2.05. The fraction of sp³-hybridized carbons (Fsp3) is 0.667. The Kier molecular flexibility index (Phi) is 4.09. The molecule has 24 heavy (non-hydrogen) atoms. The van der Waals surface area contributed by atoms with Gasteiger partial charge >= 0.3 is 0 Å². The largest absolute Gasteiger partial charge is 0.333 e. The molecule has 0 unspecified atom stereocenters. The fourth-order valence-corrected chi connectivity index (χ4v) is 19.4. The number of nitrogens with zero attached hydrogens (tertiary/aromatic N) is 3. The van der Waals surface area contributed by atoms with E-state index in [9.17, 15) is 4.79 Å². The van der Waals surface area contributed by atoms with Crippen molar-refractivity contribution in [3.05, 3.63) is 30.1 Å². The van der Waals surface area contributed by atoms with Crippen LogP contribution in [0.3, 0.4) is 0 Å². The zero-order chi connectivity index (χ0) is 17.9. The number of β-lactam (4-membered cyclic amide) rings is 1. The van der Waals surface area contributed by atoms with Crippen LogP contribution in [0.15, 0.2) is 24.4 Å². The SMILES string of the molecule is CC(C)(C)N1C(=O)[C@@H](N2[Si](C)(C)CC[Si]2(C)C)[C@@H]1c1ccccn1. The van der Waals surface area contributed by atoms with Crippen LogP contribution >= 0.6 is 0 Å². The zero-order valence-corrected chi connectivity index (χ0v) is 18.1. The summed E-state index contributed by atoms with van der Waals surface area (Å²) in [5.41, 5.74) is 0.867. The van der Waals surface area contributed by atoms with Crippen LogP contribution in [0.25, 0.3) is 0 Å². The lowest BCUT2D eigenvalue weighted by molar-refractivity contribution is -0.164. The van der Waals surface area contributed by atoms with Gasteiger partial charge in [-0.1, -0.05) is 32.3 Å². The second kappa shape index (κ2) is 5.51. The molecule has 6 heteroatoms. The first-order valence-corrected chi connectivity index (χ1v) is 15.3. The Hall–Kier alpha value is -0.986. The molecule has 2 saturated heterocycles. The molecule has 2 aliphatic heterocycles. The molecule has 0 aromatic carbocycles. The maximum atomic E-state index is 13.3. The molecule has 2 atom stereocenters. The summed E-state index contributed by atoms with van der Waals surface area (Å²) >= 11 is 0. The van der Waals surface area contributed by atoms with Crippen molar-refractivity contribution in [2.75, 3.05) is 0 Å². The molecule has 0 radical (unpaired) electrons. The van der Waals surface area contributed by atoms with Crippen molar-refractivity contribution in [2.24, 2.45) is 0 Å². The maximum absolute atomic E-state index is 13.3. The Labute approximate surface area is 148 Å². The molecule has 0 N–H and O–H groups in total. The van der Waals surface area contributed by atoms with Crippen molar-refractivity contribution < 1.29 is 4.79 Å². The van der Waals surface area contributed by atoms with E-state index in [0.29, 0.717) is 5.91 Å². The van der Waals surface area contributed by atoms with E-state index in [0.717, 1.165) is 5.69 Å². The molecule has 1 aromatic heterocycles. The minimum Gasteiger partial charge on any atom is -0.333 e. The number of aromatic nitrogens is 1. The lowest BCUT2D eigenvalue weighted by Gasteiger charge is -2.60. The van der Waals surface area contributed by atoms with Crippen molar-refractivity contribution in [1.29, 1.82) is 0 Å². The van der Waals surface area contributed by atoms with Gasteiger partial charge in [0.1, 0.15) is 22.5 Å². The number of hydrogen-bond donors (Lipinski definition) is 0. The highest BCUT2D eigenvalue weighted by atomic mass is 28.4. The summed E-state index contributed by atoms with van der Waals surface area (Å²) in [5.74, 6) is 0.307. The van der Waals surface area contributed by atoms with Crippen molar-refractivity contribution in [3.8, 4) is 0 Å². The molecule has 3 heterocycles. The van der Waals surface area contributed by atoms with Crippen LogP contribution in [-0.4, -0.2) is 48.1 Å². The second-order valence-corrected chi connectivity index (χ2v) is 19.2. The van der Waals surface area contributed by atoms with Crippen LogP contribution < -0.4 is 0 Å². The standard InChI is InChI=1S/C18H31N3OSi2/c1-18(2,3)20-15(14-10-8-9-11-19-14)16(17(20)22)21-23(4,5)12-13-24(21,6)7/h8-11,15-16H,12-13H2,1-7H3/t15-,16-/m0/s1. The quantitative estimate of drug-likeness (QED) is 0.593. The van der Waals surface area contributed by atoms with Crippen molar-refractivity contribution in [2.45, 2.75) is 76.7 Å². The second-order valence-electron chi connectivity index (χ2n) is 9.52. The number of amides is 1. The smallest absolute Gasteiger partial charge is 0.242 e. The molecule has 0 spiro atoms. The molecular weight excluding hydrogens is 330 g/mol. The number of pyridine rings is 1. The normalized spacial score (nSPS) is 29.6. The van der Waals surface area contributed by atoms with Crippen LogP contribution in [0, 0.1) is 0 Å². The Bertz CT molecular complexity index is 623. The van der Waals surface area contributed by atoms with Gasteiger partial charge in [-0.3, -0.25) is 9.78 Å². The van der Waals surface area contributed by atoms with E-state index in [2.05, 4.69) is 67.1 Å². The van der Waals surface area contributed by atoms with Crippen LogP contribution in [0.5, 0.6) is 0 Å². The number of rotatable bonds is 2. The molecular formula is C18H31N3OSi2. The Morgan fingerprint density at radius 2 is 1.62 bits per heavy atom. The maximum Gasteiger partial charge on any atom is 0.242 e. The molecule has 2 fully saturated rings. The van der Waals surface area contributed by atoms with Crippen LogP contribution in [-0.2, 0) is 4.79 Å². The third-order valence-electron chi connectivity index (χ3n) is 5.71. The average molecular weight is 362 g/mol. The molecule has 0 aliphatic carbocycles. The van der Waals surface area contributed by atoms with Gasteiger partial charge in [-0.25, -0.2) is 0 Å². The van der Waals surface area contributed by atoms with Crippen molar-refractivity contribution >= 4 is 22.4 Å². The number of hydrogen-bond acceptors (Lipinski definition) is 3. The van der Waals surface area contributed by atoms with Crippen LogP contribution in [0.1, 0.15) is 32.5 Å². The first kappa shape index (κ1) is 17.8. The molecule has 132 valence electrons. The topological polar surface area (TPSA) is 36.4 Å². The first-order chi connectivity index (χ1) is 11.0. The van der Waals surface area contributed by atoms with Crippen molar-refractivity contribution in [3.63, 3.8) is 0 Å². The number of carbonyl (C=O) groups excluding carboxylic acids is 1. The zero-order valence-electron chi connectivity index (χ0n) is 16.1. The highest BCUT2D eigenvalue weighted by molar-refractivity contribution is 6.95. The van der Waals surface area contributed by atoms with E-state index in [4.69, 9.17) is 0 Å². The van der Waals surface area contributed by atoms with Gasteiger partial charge in [-0.05, 0) is 45.0 Å². The van der Waals surface area contributed by atoms with E-state index in [-0.39, 0.29) is 17.6 Å². The number of likely N-dealkylation sites (tertiary alicyclic amines) is 1. The minimum absolute atomic E-state index is 0.00459. The summed E-state index contributed by atoms with van der Waals surface area (Å²) in [7, 11) is -3.05. The summed E-state index contributed by atoms with van der Waals surface area (Å²) in [4.78, 5) is 19.9. The van der Waals surface area contributed by atoms with E-state index in [1.54, 1.807) is 0 Å². The molecule has 0 bridgehead atoms. The van der Waals surface area contributed by atoms with Gasteiger partial charge in [0.25, 0.3) is 0 Å². The average Bonchev–Trinajstić information content (AvgIpc) is 2.67. The summed E-state index contributed by atoms with van der Waals surface area (Å²) < 4.78 is 2.74. The van der Waals surface area contributed by atoms with Gasteiger partial charge in [-0.15, -0.1) is 0 Å². The highest BCUT2D eigenvalue weighted by Crippen LogP contribution is 2.49. The van der Waals surface area contributed by atoms with Gasteiger partial charge in [0.15, 0.2) is 0 Å². The Morgan fingerprint density at radius 1 is 1.04 bits per heavy atom. The summed E-state index contributed by atoms with van der Waals surface area (Å²) in [6.45, 7) is 16.2. The molecule has 0 saturated carbocycles. The fourth-order valence-electron chi connectivity index (χ4n) is 4.74. The predicted octanol–water partition coefficient (Wildman–Crippen LogP) is 3.86. The predicted molar refractivity (Wildman–Crippen MR) is 104 cm³/mol. The third-order valence-corrected chi connectivity index (χ3v) is 16.0. The summed E-state index contributed by atoms with van der Waals surface area (Å²) in [5, 5.41) is 0. The van der Waals surface area contributed by atoms with Gasteiger partial charge in [0.2, 0.25) is 5.91 Å². The van der Waals surface area contributed by atoms with E-state index >= 15 is 0 Å². The van der Waals surface area contributed by atoms with Gasteiger partial charge in [0, 0.05) is 11.7 Å². The third kappa shape index (κ3) is 2.68. The van der Waals surface area contributed by atoms with Gasteiger partial charge in [0.05, 0.1) is 11.7 Å². The molecule has 1 amide bonds. The monoisotopic (exact) mass is 361 g/mol. The molecule has 1 aromatic rings. The van der Waals surface area contributed by atoms with Crippen LogP contribution in [0.4, 0.5) is 0 Å². The van der Waals surface area contributed by atoms with Gasteiger partial charge in [-0.2, -0.15) is 0 Å². The first-order valence-electron chi connectivity index (χ1n) is 9.00. The summed E-state index contributed by atoms with van der Waals surface area (Å²) in [6.07, 6.45) is 1.85. The Morgan fingerprint density at radius 3 is 2.08 bits per heavy atom. The number of carbonyl (C=O) groups is 1. The van der Waals surface area contributed by atoms with Crippen molar-refractivity contribution in [1.82, 2.24) is 14.1 Å². The summed E-state index contributed by atoms with van der Waals surface area (Å²) in [6, 6.07) is 8.81. The van der Waals surface area contributed by atoms with Crippen LogP contribution in [0.2, 0.25) is 38.3 Å².